The third kappa shape index (κ3) is 2.84. The van der Waals surface area contributed by atoms with E-state index in [0.29, 0.717) is 13.0 Å². The average molecular weight is 276 g/mol. The molecule has 2 N–H and O–H groups in total. The molecule has 2 rings (SSSR count). The predicted octanol–water partition coefficient (Wildman–Crippen LogP) is -0.557. The standard InChI is InChI=1S/C11H20N2O4S/c14-9-11(4-1-2-5-11)12-10(15)8-13-6-3-7-18(13,16)17/h14H,1-9H2,(H,12,15). The summed E-state index contributed by atoms with van der Waals surface area (Å²) in [6.07, 6.45) is 4.09. The van der Waals surface area contributed by atoms with Gasteiger partial charge in [-0.3, -0.25) is 4.79 Å². The normalized spacial score (nSPS) is 26.3. The summed E-state index contributed by atoms with van der Waals surface area (Å²) < 4.78 is 24.4. The number of sulfonamides is 1. The largest absolute Gasteiger partial charge is 0.394 e. The maximum absolute atomic E-state index is 11.9. The van der Waals surface area contributed by atoms with Crippen molar-refractivity contribution < 1.29 is 18.3 Å². The molecule has 6 nitrogen and oxygen atoms in total. The molecule has 1 aliphatic heterocycles. The zero-order valence-corrected chi connectivity index (χ0v) is 11.2. The van der Waals surface area contributed by atoms with Crippen LogP contribution in [0.15, 0.2) is 0 Å². The van der Waals surface area contributed by atoms with Crippen LogP contribution in [0.2, 0.25) is 0 Å². The highest BCUT2D eigenvalue weighted by molar-refractivity contribution is 7.89. The number of hydrogen-bond donors (Lipinski definition) is 2. The fourth-order valence-corrected chi connectivity index (χ4v) is 4.21. The molecule has 18 heavy (non-hydrogen) atoms. The van der Waals surface area contributed by atoms with Crippen molar-refractivity contribution in [2.24, 2.45) is 0 Å². The molecule has 0 bridgehead atoms. The molecule has 0 aromatic carbocycles. The first-order valence-electron chi connectivity index (χ1n) is 6.37. The molecule has 0 atom stereocenters. The summed E-state index contributed by atoms with van der Waals surface area (Å²) in [6, 6.07) is 0. The monoisotopic (exact) mass is 276 g/mol. The van der Waals surface area contributed by atoms with Gasteiger partial charge in [-0.05, 0) is 19.3 Å². The summed E-state index contributed by atoms with van der Waals surface area (Å²) >= 11 is 0. The Morgan fingerprint density at radius 2 is 1.94 bits per heavy atom. The van der Waals surface area contributed by atoms with Gasteiger partial charge in [-0.15, -0.1) is 0 Å². The Bertz CT molecular complexity index is 415. The van der Waals surface area contributed by atoms with Gasteiger partial charge in [0.2, 0.25) is 15.9 Å². The zero-order chi connectivity index (χ0) is 13.2. The highest BCUT2D eigenvalue weighted by atomic mass is 32.2. The SMILES string of the molecule is O=C(CN1CCCS1(=O)=O)NC1(CO)CCCC1. The van der Waals surface area contributed by atoms with Gasteiger partial charge in [0.15, 0.2) is 0 Å². The topological polar surface area (TPSA) is 86.7 Å². The molecule has 2 fully saturated rings. The van der Waals surface area contributed by atoms with E-state index in [1.54, 1.807) is 0 Å². The zero-order valence-electron chi connectivity index (χ0n) is 10.4. The number of hydrogen-bond acceptors (Lipinski definition) is 4. The molecular formula is C11H20N2O4S. The molecule has 1 saturated heterocycles. The van der Waals surface area contributed by atoms with Gasteiger partial charge in [0, 0.05) is 6.54 Å². The van der Waals surface area contributed by atoms with E-state index in [2.05, 4.69) is 5.32 Å². The van der Waals surface area contributed by atoms with Crippen LogP contribution >= 0.6 is 0 Å². The van der Waals surface area contributed by atoms with E-state index in [0.717, 1.165) is 25.7 Å². The minimum Gasteiger partial charge on any atom is -0.394 e. The third-order valence-corrected chi connectivity index (χ3v) is 5.69. The Morgan fingerprint density at radius 1 is 1.28 bits per heavy atom. The molecule has 104 valence electrons. The second kappa shape index (κ2) is 5.14. The molecule has 0 aromatic heterocycles. The van der Waals surface area contributed by atoms with Crippen LogP contribution in [0.3, 0.4) is 0 Å². The number of nitrogens with one attached hydrogen (secondary N) is 1. The molecular weight excluding hydrogens is 256 g/mol. The average Bonchev–Trinajstić information content (AvgIpc) is 2.88. The molecule has 0 unspecified atom stereocenters. The summed E-state index contributed by atoms with van der Waals surface area (Å²) in [5.41, 5.74) is -0.527. The number of rotatable bonds is 4. The van der Waals surface area contributed by atoms with Crippen molar-refractivity contribution in [3.63, 3.8) is 0 Å². The van der Waals surface area contributed by atoms with Crippen LogP contribution in [0.4, 0.5) is 0 Å². The fraction of sp³-hybridized carbons (Fsp3) is 0.909. The van der Waals surface area contributed by atoms with Crippen molar-refractivity contribution in [3.8, 4) is 0 Å². The van der Waals surface area contributed by atoms with Crippen LogP contribution in [-0.2, 0) is 14.8 Å². The number of aliphatic hydroxyl groups excluding tert-OH is 1. The Balaban J connectivity index is 1.92. The van der Waals surface area contributed by atoms with E-state index < -0.39 is 15.6 Å². The smallest absolute Gasteiger partial charge is 0.235 e. The number of carbonyl (C=O) groups is 1. The first-order chi connectivity index (χ1) is 8.47. The second-order valence-electron chi connectivity index (χ2n) is 5.20. The van der Waals surface area contributed by atoms with Crippen molar-refractivity contribution in [1.29, 1.82) is 0 Å². The van der Waals surface area contributed by atoms with Crippen LogP contribution in [0, 0.1) is 0 Å². The van der Waals surface area contributed by atoms with Gasteiger partial charge in [0.05, 0.1) is 24.4 Å². The van der Waals surface area contributed by atoms with Gasteiger partial charge >= 0.3 is 0 Å². The third-order valence-electron chi connectivity index (χ3n) is 3.79. The van der Waals surface area contributed by atoms with Crippen molar-refractivity contribution in [3.05, 3.63) is 0 Å². The van der Waals surface area contributed by atoms with Gasteiger partial charge in [-0.25, -0.2) is 8.42 Å². The van der Waals surface area contributed by atoms with Gasteiger partial charge < -0.3 is 10.4 Å². The van der Waals surface area contributed by atoms with Crippen LogP contribution in [0.25, 0.3) is 0 Å². The highest BCUT2D eigenvalue weighted by Gasteiger charge is 2.36. The molecule has 7 heteroatoms. The van der Waals surface area contributed by atoms with E-state index >= 15 is 0 Å². The minimum atomic E-state index is -3.23. The summed E-state index contributed by atoms with van der Waals surface area (Å²) in [4.78, 5) is 11.9. The summed E-state index contributed by atoms with van der Waals surface area (Å²) in [6.45, 7) is 0.220. The lowest BCUT2D eigenvalue weighted by atomic mass is 9.99. The lowest BCUT2D eigenvalue weighted by molar-refractivity contribution is -0.123. The van der Waals surface area contributed by atoms with Crippen molar-refractivity contribution >= 4 is 15.9 Å². The van der Waals surface area contributed by atoms with Crippen molar-refractivity contribution in [2.45, 2.75) is 37.6 Å². The summed E-state index contributed by atoms with van der Waals surface area (Å²) in [5.74, 6) is -0.178. The van der Waals surface area contributed by atoms with Crippen LogP contribution in [0.1, 0.15) is 32.1 Å². The van der Waals surface area contributed by atoms with Crippen molar-refractivity contribution in [2.75, 3.05) is 25.4 Å². The van der Waals surface area contributed by atoms with Gasteiger partial charge in [0.25, 0.3) is 0 Å². The molecule has 0 radical (unpaired) electrons. The first-order valence-corrected chi connectivity index (χ1v) is 7.98. The quantitative estimate of drug-likeness (QED) is 0.721. The summed E-state index contributed by atoms with van der Waals surface area (Å²) in [5, 5.41) is 12.2. The van der Waals surface area contributed by atoms with E-state index in [-0.39, 0.29) is 24.8 Å². The molecule has 1 amide bonds. The van der Waals surface area contributed by atoms with Crippen molar-refractivity contribution in [1.82, 2.24) is 9.62 Å². The predicted molar refractivity (Wildman–Crippen MR) is 66.4 cm³/mol. The lowest BCUT2D eigenvalue weighted by Crippen LogP contribution is -2.52. The van der Waals surface area contributed by atoms with Crippen LogP contribution in [-0.4, -0.2) is 54.7 Å². The van der Waals surface area contributed by atoms with E-state index in [9.17, 15) is 18.3 Å². The summed E-state index contributed by atoms with van der Waals surface area (Å²) in [7, 11) is -3.23. The van der Waals surface area contributed by atoms with Gasteiger partial charge in [0.1, 0.15) is 0 Å². The minimum absolute atomic E-state index is 0.0779. The molecule has 1 aliphatic carbocycles. The van der Waals surface area contributed by atoms with E-state index in [1.807, 2.05) is 0 Å². The van der Waals surface area contributed by atoms with Crippen LogP contribution in [0.5, 0.6) is 0 Å². The first kappa shape index (κ1) is 13.8. The fourth-order valence-electron chi connectivity index (χ4n) is 2.74. The molecule has 0 spiro atoms. The molecule has 1 saturated carbocycles. The Hall–Kier alpha value is -0.660. The Kier molecular flexibility index (Phi) is 3.93. The van der Waals surface area contributed by atoms with E-state index in [4.69, 9.17) is 0 Å². The van der Waals surface area contributed by atoms with Gasteiger partial charge in [-0.2, -0.15) is 4.31 Å². The number of amides is 1. The Morgan fingerprint density at radius 3 is 2.44 bits per heavy atom. The van der Waals surface area contributed by atoms with Crippen LogP contribution < -0.4 is 5.32 Å². The molecule has 0 aromatic rings. The number of carbonyl (C=O) groups excluding carboxylic acids is 1. The van der Waals surface area contributed by atoms with Gasteiger partial charge in [-0.1, -0.05) is 12.8 Å². The molecule has 1 heterocycles. The maximum atomic E-state index is 11.9. The lowest BCUT2D eigenvalue weighted by Gasteiger charge is -2.28. The maximum Gasteiger partial charge on any atom is 0.235 e. The number of aliphatic hydroxyl groups is 1. The van der Waals surface area contributed by atoms with E-state index in [1.165, 1.54) is 4.31 Å². The number of nitrogens with zero attached hydrogens (tertiary/aromatic N) is 1. The Labute approximate surface area is 107 Å². The molecule has 2 aliphatic rings. The highest BCUT2D eigenvalue weighted by Crippen LogP contribution is 2.29. The second-order valence-corrected chi connectivity index (χ2v) is 7.29.